The maximum atomic E-state index is 14.3. The van der Waals surface area contributed by atoms with Crippen LogP contribution in [-0.4, -0.2) is 35.0 Å². The minimum absolute atomic E-state index is 0.0139. The van der Waals surface area contributed by atoms with E-state index in [0.717, 1.165) is 5.56 Å². The van der Waals surface area contributed by atoms with Crippen molar-refractivity contribution in [1.29, 1.82) is 0 Å². The van der Waals surface area contributed by atoms with Gasteiger partial charge in [-0.3, -0.25) is 0 Å². The van der Waals surface area contributed by atoms with E-state index in [2.05, 4.69) is 5.32 Å². The Bertz CT molecular complexity index is 998. The second-order valence-electron chi connectivity index (χ2n) is 7.52. The predicted molar refractivity (Wildman–Crippen MR) is 118 cm³/mol. The molecule has 4 N–H and O–H groups in total. The Labute approximate surface area is 185 Å². The second kappa shape index (κ2) is 11.0. The number of halogens is 2. The molecule has 0 aliphatic heterocycles. The Morgan fingerprint density at radius 2 is 1.75 bits per heavy atom. The zero-order valence-corrected chi connectivity index (χ0v) is 17.5. The van der Waals surface area contributed by atoms with E-state index >= 15 is 0 Å². The lowest BCUT2D eigenvalue weighted by Crippen LogP contribution is -2.24. The van der Waals surface area contributed by atoms with Crippen molar-refractivity contribution in [1.82, 2.24) is 5.32 Å². The summed E-state index contributed by atoms with van der Waals surface area (Å²) in [5.74, 6) is -2.72. The Morgan fingerprint density at radius 3 is 2.50 bits per heavy atom. The van der Waals surface area contributed by atoms with E-state index in [1.54, 1.807) is 48.5 Å². The number of hydrogen-bond donors (Lipinski definition) is 4. The van der Waals surface area contributed by atoms with Crippen molar-refractivity contribution in [2.75, 3.05) is 19.7 Å². The average molecular weight is 443 g/mol. The smallest absolute Gasteiger partial charge is 0.306 e. The molecule has 0 fully saturated rings. The molecule has 0 radical (unpaired) electrons. The zero-order chi connectivity index (χ0) is 23.0. The monoisotopic (exact) mass is 443 g/mol. The summed E-state index contributed by atoms with van der Waals surface area (Å²) in [4.78, 5) is 0. The highest BCUT2D eigenvalue weighted by molar-refractivity contribution is 5.36. The van der Waals surface area contributed by atoms with E-state index in [0.29, 0.717) is 29.8 Å². The molecule has 0 bridgehead atoms. The number of aromatic hydroxyl groups is 1. The van der Waals surface area contributed by atoms with Gasteiger partial charge in [0.15, 0.2) is 6.61 Å². The number of aliphatic hydroxyl groups excluding tert-OH is 2. The molecular formula is C25H27F2NO4. The summed E-state index contributed by atoms with van der Waals surface area (Å²) < 4.78 is 33.9. The topological polar surface area (TPSA) is 82.0 Å². The molecule has 0 amide bonds. The first-order chi connectivity index (χ1) is 15.4. The van der Waals surface area contributed by atoms with Crippen molar-refractivity contribution in [3.05, 3.63) is 95.1 Å². The largest absolute Gasteiger partial charge is 0.508 e. The van der Waals surface area contributed by atoms with Crippen LogP contribution in [0.15, 0.2) is 72.8 Å². The van der Waals surface area contributed by atoms with Crippen molar-refractivity contribution < 1.29 is 28.8 Å². The van der Waals surface area contributed by atoms with Gasteiger partial charge in [0.1, 0.15) is 11.5 Å². The Kier molecular flexibility index (Phi) is 8.16. The van der Waals surface area contributed by atoms with Crippen LogP contribution in [-0.2, 0) is 19.0 Å². The quantitative estimate of drug-likeness (QED) is 0.338. The molecule has 170 valence electrons. The first-order valence-corrected chi connectivity index (χ1v) is 10.4. The van der Waals surface area contributed by atoms with Gasteiger partial charge in [0, 0.05) is 17.7 Å². The summed E-state index contributed by atoms with van der Waals surface area (Å²) in [5.41, 5.74) is 1.78. The highest BCUT2D eigenvalue weighted by Gasteiger charge is 2.32. The van der Waals surface area contributed by atoms with Crippen LogP contribution >= 0.6 is 0 Å². The standard InChI is InChI=1S/C25H27F2NO4/c26-25(27,21-6-2-1-3-7-21)17-32-22-8-4-5-18(13-22)11-12-28-15-24(31)19-9-10-23(30)20(14-19)16-29/h1-10,13-14,24,28-31H,11-12,15-17H2/t24-/m1/s1. The Balaban J connectivity index is 1.47. The van der Waals surface area contributed by atoms with E-state index < -0.39 is 18.6 Å². The molecule has 32 heavy (non-hydrogen) atoms. The number of hydrogen-bond acceptors (Lipinski definition) is 5. The van der Waals surface area contributed by atoms with Crippen molar-refractivity contribution in [3.8, 4) is 11.5 Å². The summed E-state index contributed by atoms with van der Waals surface area (Å²) in [5, 5.41) is 32.3. The van der Waals surface area contributed by atoms with Crippen LogP contribution in [0.4, 0.5) is 8.78 Å². The van der Waals surface area contributed by atoms with Crippen LogP contribution in [0.2, 0.25) is 0 Å². The van der Waals surface area contributed by atoms with Gasteiger partial charge in [-0.2, -0.15) is 8.78 Å². The Morgan fingerprint density at radius 1 is 0.969 bits per heavy atom. The first-order valence-electron chi connectivity index (χ1n) is 10.4. The fourth-order valence-electron chi connectivity index (χ4n) is 3.26. The van der Waals surface area contributed by atoms with Crippen LogP contribution in [0.3, 0.4) is 0 Å². The minimum atomic E-state index is -3.08. The van der Waals surface area contributed by atoms with E-state index in [1.165, 1.54) is 18.2 Å². The summed E-state index contributed by atoms with van der Waals surface area (Å²) in [6.45, 7) is -0.205. The van der Waals surface area contributed by atoms with Gasteiger partial charge >= 0.3 is 5.92 Å². The van der Waals surface area contributed by atoms with Gasteiger partial charge in [-0.15, -0.1) is 0 Å². The van der Waals surface area contributed by atoms with Crippen molar-refractivity contribution in [2.24, 2.45) is 0 Å². The minimum Gasteiger partial charge on any atom is -0.508 e. The molecule has 0 unspecified atom stereocenters. The molecule has 5 nitrogen and oxygen atoms in total. The van der Waals surface area contributed by atoms with Crippen LogP contribution < -0.4 is 10.1 Å². The van der Waals surface area contributed by atoms with E-state index in [9.17, 15) is 24.1 Å². The van der Waals surface area contributed by atoms with Gasteiger partial charge in [-0.05, 0) is 48.4 Å². The third-order valence-corrected chi connectivity index (χ3v) is 5.10. The van der Waals surface area contributed by atoms with Gasteiger partial charge < -0.3 is 25.4 Å². The van der Waals surface area contributed by atoms with Crippen LogP contribution in [0.5, 0.6) is 11.5 Å². The lowest BCUT2D eigenvalue weighted by atomic mass is 10.1. The lowest BCUT2D eigenvalue weighted by Gasteiger charge is -2.18. The van der Waals surface area contributed by atoms with Crippen LogP contribution in [0, 0.1) is 0 Å². The molecule has 1 atom stereocenters. The molecule has 3 rings (SSSR count). The molecule has 7 heteroatoms. The maximum Gasteiger partial charge on any atom is 0.306 e. The number of rotatable bonds is 11. The number of aliphatic hydroxyl groups is 2. The fraction of sp³-hybridized carbons (Fsp3) is 0.280. The van der Waals surface area contributed by atoms with Gasteiger partial charge in [0.25, 0.3) is 0 Å². The first kappa shape index (κ1) is 23.7. The molecule has 0 heterocycles. The van der Waals surface area contributed by atoms with Gasteiger partial charge in [0.2, 0.25) is 0 Å². The molecule has 3 aromatic rings. The van der Waals surface area contributed by atoms with Crippen molar-refractivity contribution in [2.45, 2.75) is 25.1 Å². The summed E-state index contributed by atoms with van der Waals surface area (Å²) in [7, 11) is 0. The van der Waals surface area contributed by atoms with Crippen LogP contribution in [0.25, 0.3) is 0 Å². The van der Waals surface area contributed by atoms with E-state index in [1.807, 2.05) is 6.07 Å². The molecule has 0 aliphatic rings. The van der Waals surface area contributed by atoms with Crippen molar-refractivity contribution in [3.63, 3.8) is 0 Å². The number of benzene rings is 3. The average Bonchev–Trinajstić information content (AvgIpc) is 2.81. The highest BCUT2D eigenvalue weighted by atomic mass is 19.3. The highest BCUT2D eigenvalue weighted by Crippen LogP contribution is 2.29. The van der Waals surface area contributed by atoms with Gasteiger partial charge in [0.05, 0.1) is 12.7 Å². The molecule has 3 aromatic carbocycles. The molecule has 0 aliphatic carbocycles. The number of alkyl halides is 2. The number of phenols is 1. The predicted octanol–water partition coefficient (Wildman–Crippen LogP) is 3.92. The molecule has 0 saturated carbocycles. The zero-order valence-electron chi connectivity index (χ0n) is 17.5. The maximum absolute atomic E-state index is 14.3. The third-order valence-electron chi connectivity index (χ3n) is 5.10. The van der Waals surface area contributed by atoms with E-state index in [-0.39, 0.29) is 24.5 Å². The molecule has 0 saturated heterocycles. The number of ether oxygens (including phenoxy) is 1. The Hall–Kier alpha value is -3.00. The summed E-state index contributed by atoms with van der Waals surface area (Å²) >= 11 is 0. The molecule has 0 aromatic heterocycles. The lowest BCUT2D eigenvalue weighted by molar-refractivity contribution is -0.0467. The van der Waals surface area contributed by atoms with Crippen molar-refractivity contribution >= 4 is 0 Å². The molecule has 0 spiro atoms. The molecular weight excluding hydrogens is 416 g/mol. The SMILES string of the molecule is OCc1cc([C@H](O)CNCCc2cccc(OCC(F)(F)c3ccccc3)c2)ccc1O. The number of nitrogens with one attached hydrogen (secondary N) is 1. The summed E-state index contributed by atoms with van der Waals surface area (Å²) in [6, 6.07) is 19.2. The summed E-state index contributed by atoms with van der Waals surface area (Å²) in [6.07, 6.45) is -0.174. The second-order valence-corrected chi connectivity index (χ2v) is 7.52. The van der Waals surface area contributed by atoms with Gasteiger partial charge in [-0.25, -0.2) is 0 Å². The normalized spacial score (nSPS) is 12.5. The fourth-order valence-corrected chi connectivity index (χ4v) is 3.26. The third kappa shape index (κ3) is 6.50. The van der Waals surface area contributed by atoms with Gasteiger partial charge in [-0.1, -0.05) is 48.5 Å². The van der Waals surface area contributed by atoms with Crippen LogP contribution in [0.1, 0.15) is 28.4 Å². The van der Waals surface area contributed by atoms with E-state index in [4.69, 9.17) is 4.74 Å².